The van der Waals surface area contributed by atoms with Gasteiger partial charge >= 0.3 is 6.18 Å². The van der Waals surface area contributed by atoms with Crippen LogP contribution in [0.3, 0.4) is 0 Å². The molecule has 3 nitrogen and oxygen atoms in total. The van der Waals surface area contributed by atoms with E-state index in [1.807, 2.05) is 0 Å². The third kappa shape index (κ3) is 3.45. The van der Waals surface area contributed by atoms with Crippen molar-refractivity contribution in [2.45, 2.75) is 45.7 Å². The van der Waals surface area contributed by atoms with Gasteiger partial charge in [0.1, 0.15) is 5.76 Å². The van der Waals surface area contributed by atoms with Crippen LogP contribution in [0.15, 0.2) is 22.5 Å². The second-order valence-corrected chi connectivity index (χ2v) is 4.50. The van der Waals surface area contributed by atoms with Crippen LogP contribution in [0.4, 0.5) is 13.2 Å². The molecule has 6 heteroatoms. The van der Waals surface area contributed by atoms with Crippen molar-refractivity contribution >= 4 is 11.6 Å². The Balaban J connectivity index is 3.55. The van der Waals surface area contributed by atoms with E-state index in [4.69, 9.17) is 0 Å². The zero-order chi connectivity index (χ0) is 14.8. The van der Waals surface area contributed by atoms with E-state index in [2.05, 4.69) is 0 Å². The third-order valence-electron chi connectivity index (χ3n) is 2.97. The second kappa shape index (κ2) is 5.59. The lowest BCUT2D eigenvalue weighted by molar-refractivity contribution is -0.119. The first kappa shape index (κ1) is 15.5. The maximum Gasteiger partial charge on any atom is 0.417 e. The van der Waals surface area contributed by atoms with Crippen molar-refractivity contribution in [3.63, 3.8) is 0 Å². The number of rotatable bonds is 2. The lowest BCUT2D eigenvalue weighted by Crippen LogP contribution is -2.25. The van der Waals surface area contributed by atoms with Crippen molar-refractivity contribution < 1.29 is 27.9 Å². The molecule has 0 aromatic rings. The highest BCUT2D eigenvalue weighted by molar-refractivity contribution is 6.04. The molecule has 0 amide bonds. The molecule has 1 N–H and O–H groups in total. The van der Waals surface area contributed by atoms with Crippen LogP contribution in [0.1, 0.15) is 39.5 Å². The van der Waals surface area contributed by atoms with Crippen LogP contribution < -0.4 is 0 Å². The average Bonchev–Trinajstić information content (AvgIpc) is 2.24. The number of aliphatic hydroxyl groups excluding tert-OH is 1. The fraction of sp³-hybridized carbons (Fsp3) is 0.538. The number of hydrogen-bond acceptors (Lipinski definition) is 3. The molecule has 0 heterocycles. The van der Waals surface area contributed by atoms with Gasteiger partial charge in [-0.3, -0.25) is 9.59 Å². The summed E-state index contributed by atoms with van der Waals surface area (Å²) in [5, 5.41) is 9.35. The lowest BCUT2D eigenvalue weighted by atomic mass is 9.85. The molecule has 1 fully saturated rings. The molecule has 0 aromatic carbocycles. The molecule has 0 bridgehead atoms. The van der Waals surface area contributed by atoms with Gasteiger partial charge in [-0.05, 0) is 33.1 Å². The van der Waals surface area contributed by atoms with E-state index < -0.39 is 40.2 Å². The van der Waals surface area contributed by atoms with Crippen molar-refractivity contribution in [3.8, 4) is 0 Å². The highest BCUT2D eigenvalue weighted by Gasteiger charge is 2.42. The predicted octanol–water partition coefficient (Wildman–Crippen LogP) is 3.41. The summed E-state index contributed by atoms with van der Waals surface area (Å²) >= 11 is 0. The molecular weight excluding hydrogens is 261 g/mol. The zero-order valence-corrected chi connectivity index (χ0v) is 10.7. The Labute approximate surface area is 108 Å². The summed E-state index contributed by atoms with van der Waals surface area (Å²) in [4.78, 5) is 23.0. The Bertz CT molecular complexity index is 466. The van der Waals surface area contributed by atoms with Gasteiger partial charge in [0.25, 0.3) is 0 Å². The number of hydrogen-bond donors (Lipinski definition) is 1. The number of carbonyl (C=O) groups is 2. The van der Waals surface area contributed by atoms with Crippen LogP contribution in [-0.2, 0) is 9.59 Å². The summed E-state index contributed by atoms with van der Waals surface area (Å²) in [5.41, 5.74) is -2.47. The van der Waals surface area contributed by atoms with Crippen LogP contribution in [0.2, 0.25) is 0 Å². The van der Waals surface area contributed by atoms with E-state index in [9.17, 15) is 27.9 Å². The van der Waals surface area contributed by atoms with Gasteiger partial charge in [-0.15, -0.1) is 0 Å². The molecule has 0 aromatic heterocycles. The van der Waals surface area contributed by atoms with Crippen LogP contribution >= 0.6 is 0 Å². The van der Waals surface area contributed by atoms with Gasteiger partial charge < -0.3 is 5.11 Å². The molecule has 1 aliphatic rings. The van der Waals surface area contributed by atoms with E-state index >= 15 is 0 Å². The molecule has 0 saturated heterocycles. The summed E-state index contributed by atoms with van der Waals surface area (Å²) in [7, 11) is 0. The maximum atomic E-state index is 13.1. The van der Waals surface area contributed by atoms with Crippen LogP contribution in [0.25, 0.3) is 0 Å². The van der Waals surface area contributed by atoms with Gasteiger partial charge in [-0.1, -0.05) is 0 Å². The molecule has 1 rings (SSSR count). The molecule has 106 valence electrons. The van der Waals surface area contributed by atoms with Crippen molar-refractivity contribution in [1.82, 2.24) is 0 Å². The fourth-order valence-electron chi connectivity index (χ4n) is 2.22. The topological polar surface area (TPSA) is 54.4 Å². The van der Waals surface area contributed by atoms with Crippen molar-refractivity contribution in [3.05, 3.63) is 22.5 Å². The predicted molar refractivity (Wildman–Crippen MR) is 62.6 cm³/mol. The van der Waals surface area contributed by atoms with Gasteiger partial charge in [0.2, 0.25) is 0 Å². The molecule has 0 unspecified atom stereocenters. The van der Waals surface area contributed by atoms with Crippen LogP contribution in [-0.4, -0.2) is 22.8 Å². The summed E-state index contributed by atoms with van der Waals surface area (Å²) in [6, 6.07) is 0. The number of ketones is 2. The van der Waals surface area contributed by atoms with Gasteiger partial charge in [-0.2, -0.15) is 13.2 Å². The zero-order valence-electron chi connectivity index (χ0n) is 10.7. The molecular formula is C13H15F3O3. The highest BCUT2D eigenvalue weighted by atomic mass is 19.4. The minimum absolute atomic E-state index is 0.0161. The van der Waals surface area contributed by atoms with E-state index in [1.54, 1.807) is 0 Å². The standard InChI is InChI=1S/C13H15F3O3/c1-7(17)11(8(2)18)12(13(14,15)16)9-5-3-4-6-10(9)19/h17H,3-6H2,1-2H3/b11-7+,12-9+. The molecule has 19 heavy (non-hydrogen) atoms. The summed E-state index contributed by atoms with van der Waals surface area (Å²) in [5.74, 6) is -2.22. The van der Waals surface area contributed by atoms with Crippen molar-refractivity contribution in [2.75, 3.05) is 0 Å². The highest BCUT2D eigenvalue weighted by Crippen LogP contribution is 2.38. The third-order valence-corrected chi connectivity index (χ3v) is 2.97. The quantitative estimate of drug-likeness (QED) is 0.621. The summed E-state index contributed by atoms with van der Waals surface area (Å²) in [6.45, 7) is 1.95. The molecule has 0 atom stereocenters. The van der Waals surface area contributed by atoms with Crippen molar-refractivity contribution in [2.24, 2.45) is 0 Å². The Morgan fingerprint density at radius 3 is 2.05 bits per heavy atom. The average molecular weight is 276 g/mol. The molecule has 1 aliphatic carbocycles. The first-order valence-corrected chi connectivity index (χ1v) is 5.91. The SMILES string of the molecule is CC(=O)C(=C(/C)O)/C(=C1/CCCCC1=O)C(F)(F)F. The number of alkyl halides is 3. The first-order chi connectivity index (χ1) is 8.66. The Hall–Kier alpha value is -1.59. The maximum absolute atomic E-state index is 13.1. The minimum atomic E-state index is -4.84. The van der Waals surface area contributed by atoms with Gasteiger partial charge in [-0.25, -0.2) is 0 Å². The Morgan fingerprint density at radius 2 is 1.68 bits per heavy atom. The van der Waals surface area contributed by atoms with E-state index in [-0.39, 0.29) is 12.8 Å². The summed E-state index contributed by atoms with van der Waals surface area (Å²) in [6.07, 6.45) is -3.79. The number of Topliss-reactive ketones (excluding diaryl/α,β-unsaturated/α-hetero) is 2. The van der Waals surface area contributed by atoms with E-state index in [0.29, 0.717) is 12.8 Å². The largest absolute Gasteiger partial charge is 0.512 e. The van der Waals surface area contributed by atoms with Crippen LogP contribution in [0.5, 0.6) is 0 Å². The van der Waals surface area contributed by atoms with Crippen molar-refractivity contribution in [1.29, 1.82) is 0 Å². The number of allylic oxidation sites excluding steroid dienone is 4. The smallest absolute Gasteiger partial charge is 0.417 e. The van der Waals surface area contributed by atoms with Crippen LogP contribution in [0, 0.1) is 0 Å². The Morgan fingerprint density at radius 1 is 1.16 bits per heavy atom. The van der Waals surface area contributed by atoms with E-state index in [0.717, 1.165) is 13.8 Å². The summed E-state index contributed by atoms with van der Waals surface area (Å²) < 4.78 is 39.4. The fourth-order valence-corrected chi connectivity index (χ4v) is 2.22. The second-order valence-electron chi connectivity index (χ2n) is 4.50. The Kier molecular flexibility index (Phi) is 4.55. The van der Waals surface area contributed by atoms with E-state index in [1.165, 1.54) is 0 Å². The monoisotopic (exact) mass is 276 g/mol. The van der Waals surface area contributed by atoms with Gasteiger partial charge in [0.05, 0.1) is 11.1 Å². The normalized spacial score (nSPS) is 21.0. The molecule has 0 spiro atoms. The molecule has 0 aliphatic heterocycles. The van der Waals surface area contributed by atoms with Gasteiger partial charge in [0, 0.05) is 12.0 Å². The number of carbonyl (C=O) groups excluding carboxylic acids is 2. The molecule has 1 saturated carbocycles. The number of aliphatic hydroxyl groups is 1. The lowest BCUT2D eigenvalue weighted by Gasteiger charge is -2.21. The molecule has 0 radical (unpaired) electrons. The number of halogens is 3. The first-order valence-electron chi connectivity index (χ1n) is 5.91. The van der Waals surface area contributed by atoms with Gasteiger partial charge in [0.15, 0.2) is 11.6 Å². The minimum Gasteiger partial charge on any atom is -0.512 e.